The molecular formula is C18H17ClN2O2S. The van der Waals surface area contributed by atoms with Crippen LogP contribution in [-0.2, 0) is 16.4 Å². The Bertz CT molecular complexity index is 1030. The SMILES string of the molecule is CS(=O)(=O)N[C@H]1c2ccccc2C[C@@H]1n1ccc2cc(Cl)ccc21. The van der Waals surface area contributed by atoms with Gasteiger partial charge in [0, 0.05) is 22.1 Å². The topological polar surface area (TPSA) is 51.1 Å². The van der Waals surface area contributed by atoms with Gasteiger partial charge in [0.25, 0.3) is 0 Å². The first-order valence-electron chi connectivity index (χ1n) is 7.73. The van der Waals surface area contributed by atoms with Crippen molar-refractivity contribution in [3.05, 3.63) is 70.9 Å². The molecule has 1 aliphatic rings. The van der Waals surface area contributed by atoms with Crippen molar-refractivity contribution < 1.29 is 8.42 Å². The summed E-state index contributed by atoms with van der Waals surface area (Å²) in [6.45, 7) is 0. The molecule has 0 saturated carbocycles. The van der Waals surface area contributed by atoms with Gasteiger partial charge in [-0.05, 0) is 41.8 Å². The lowest BCUT2D eigenvalue weighted by Crippen LogP contribution is -2.31. The van der Waals surface area contributed by atoms with Gasteiger partial charge in [0.1, 0.15) is 0 Å². The normalized spacial score (nSPS) is 20.4. The standard InChI is InChI=1S/C18H17ClN2O2S/c1-24(22,23)20-18-15-5-3-2-4-12(15)11-17(18)21-9-8-13-10-14(19)6-7-16(13)21/h2-10,17-18,20H,11H2,1H3/t17-,18-/m0/s1. The first-order valence-corrected chi connectivity index (χ1v) is 10.0. The van der Waals surface area contributed by atoms with Crippen LogP contribution in [0.15, 0.2) is 54.7 Å². The molecule has 0 unspecified atom stereocenters. The second-order valence-electron chi connectivity index (χ2n) is 6.26. The molecule has 1 aromatic heterocycles. The zero-order valence-corrected chi connectivity index (χ0v) is 14.7. The van der Waals surface area contributed by atoms with Gasteiger partial charge in [-0.1, -0.05) is 35.9 Å². The first-order chi connectivity index (χ1) is 11.4. The summed E-state index contributed by atoms with van der Waals surface area (Å²) in [5.74, 6) is 0. The second kappa shape index (κ2) is 5.62. The smallest absolute Gasteiger partial charge is 0.209 e. The Labute approximate surface area is 146 Å². The molecule has 124 valence electrons. The highest BCUT2D eigenvalue weighted by Crippen LogP contribution is 2.41. The predicted molar refractivity (Wildman–Crippen MR) is 96.9 cm³/mol. The van der Waals surface area contributed by atoms with Crippen LogP contribution in [-0.4, -0.2) is 19.2 Å². The van der Waals surface area contributed by atoms with Crippen molar-refractivity contribution >= 4 is 32.5 Å². The Balaban J connectivity index is 1.84. The summed E-state index contributed by atoms with van der Waals surface area (Å²) < 4.78 is 28.7. The fourth-order valence-corrected chi connectivity index (χ4v) is 4.56. The summed E-state index contributed by atoms with van der Waals surface area (Å²) >= 11 is 6.08. The number of halogens is 1. The van der Waals surface area contributed by atoms with Crippen molar-refractivity contribution in [2.24, 2.45) is 0 Å². The monoisotopic (exact) mass is 360 g/mol. The zero-order chi connectivity index (χ0) is 16.9. The molecule has 0 saturated heterocycles. The number of nitrogens with zero attached hydrogens (tertiary/aromatic N) is 1. The lowest BCUT2D eigenvalue weighted by molar-refractivity contribution is 0.431. The summed E-state index contributed by atoms with van der Waals surface area (Å²) in [7, 11) is -3.32. The Morgan fingerprint density at radius 2 is 1.96 bits per heavy atom. The second-order valence-corrected chi connectivity index (χ2v) is 8.48. The van der Waals surface area contributed by atoms with E-state index in [1.807, 2.05) is 48.7 Å². The number of hydrogen-bond donors (Lipinski definition) is 1. The van der Waals surface area contributed by atoms with E-state index in [1.165, 1.54) is 11.8 Å². The maximum absolute atomic E-state index is 11.9. The van der Waals surface area contributed by atoms with E-state index in [9.17, 15) is 8.42 Å². The molecule has 24 heavy (non-hydrogen) atoms. The van der Waals surface area contributed by atoms with E-state index < -0.39 is 10.0 Å². The van der Waals surface area contributed by atoms with Crippen molar-refractivity contribution in [2.45, 2.75) is 18.5 Å². The van der Waals surface area contributed by atoms with Gasteiger partial charge in [-0.25, -0.2) is 13.1 Å². The summed E-state index contributed by atoms with van der Waals surface area (Å²) in [5, 5.41) is 1.75. The Kier molecular flexibility index (Phi) is 3.67. The van der Waals surface area contributed by atoms with E-state index in [2.05, 4.69) is 15.4 Å². The van der Waals surface area contributed by atoms with Crippen molar-refractivity contribution in [2.75, 3.05) is 6.26 Å². The number of nitrogens with one attached hydrogen (secondary N) is 1. The minimum Gasteiger partial charge on any atom is -0.342 e. The predicted octanol–water partition coefficient (Wildman–Crippen LogP) is 3.68. The minimum atomic E-state index is -3.32. The van der Waals surface area contributed by atoms with Crippen LogP contribution in [0.2, 0.25) is 5.02 Å². The average Bonchev–Trinajstić information content (AvgIpc) is 3.07. The van der Waals surface area contributed by atoms with Gasteiger partial charge in [0.15, 0.2) is 0 Å². The highest BCUT2D eigenvalue weighted by molar-refractivity contribution is 7.88. The van der Waals surface area contributed by atoms with E-state index >= 15 is 0 Å². The largest absolute Gasteiger partial charge is 0.342 e. The van der Waals surface area contributed by atoms with E-state index in [1.54, 1.807) is 0 Å². The number of aromatic nitrogens is 1. The summed E-state index contributed by atoms with van der Waals surface area (Å²) in [5.41, 5.74) is 3.28. The lowest BCUT2D eigenvalue weighted by atomic mass is 10.1. The fraction of sp³-hybridized carbons (Fsp3) is 0.222. The molecule has 6 heteroatoms. The highest BCUT2D eigenvalue weighted by atomic mass is 35.5. The number of sulfonamides is 1. The van der Waals surface area contributed by atoms with Crippen LogP contribution in [0, 0.1) is 0 Å². The molecule has 0 spiro atoms. The van der Waals surface area contributed by atoms with Crippen molar-refractivity contribution in [3.63, 3.8) is 0 Å². The van der Waals surface area contributed by atoms with Gasteiger partial charge in [0.05, 0.1) is 18.3 Å². The van der Waals surface area contributed by atoms with Gasteiger partial charge in [-0.15, -0.1) is 0 Å². The van der Waals surface area contributed by atoms with Crippen LogP contribution in [0.4, 0.5) is 0 Å². The molecule has 0 aliphatic heterocycles. The van der Waals surface area contributed by atoms with E-state index in [-0.39, 0.29) is 12.1 Å². The number of rotatable bonds is 3. The molecule has 1 aliphatic carbocycles. The zero-order valence-electron chi connectivity index (χ0n) is 13.1. The number of benzene rings is 2. The maximum atomic E-state index is 11.9. The molecule has 3 aromatic rings. The first kappa shape index (κ1) is 15.7. The third-order valence-corrected chi connectivity index (χ3v) is 5.50. The molecule has 1 heterocycles. The maximum Gasteiger partial charge on any atom is 0.209 e. The van der Waals surface area contributed by atoms with Crippen LogP contribution in [0.5, 0.6) is 0 Å². The molecule has 4 nitrogen and oxygen atoms in total. The molecule has 0 amide bonds. The van der Waals surface area contributed by atoms with Gasteiger partial charge < -0.3 is 4.57 Å². The molecular weight excluding hydrogens is 344 g/mol. The van der Waals surface area contributed by atoms with Crippen molar-refractivity contribution in [1.29, 1.82) is 0 Å². The van der Waals surface area contributed by atoms with Gasteiger partial charge in [-0.3, -0.25) is 0 Å². The van der Waals surface area contributed by atoms with Crippen LogP contribution >= 0.6 is 11.6 Å². The van der Waals surface area contributed by atoms with Gasteiger partial charge >= 0.3 is 0 Å². The molecule has 4 rings (SSSR count). The highest BCUT2D eigenvalue weighted by Gasteiger charge is 2.35. The van der Waals surface area contributed by atoms with E-state index in [4.69, 9.17) is 11.6 Å². The summed E-state index contributed by atoms with van der Waals surface area (Å²) in [4.78, 5) is 0. The van der Waals surface area contributed by atoms with Crippen LogP contribution in [0.1, 0.15) is 23.2 Å². The molecule has 2 atom stereocenters. The van der Waals surface area contributed by atoms with Crippen molar-refractivity contribution in [1.82, 2.24) is 9.29 Å². The fourth-order valence-electron chi connectivity index (χ4n) is 3.63. The van der Waals surface area contributed by atoms with Crippen LogP contribution in [0.25, 0.3) is 10.9 Å². The number of hydrogen-bond acceptors (Lipinski definition) is 2. The molecule has 0 bridgehead atoms. The van der Waals surface area contributed by atoms with Gasteiger partial charge in [-0.2, -0.15) is 0 Å². The Morgan fingerprint density at radius 1 is 1.17 bits per heavy atom. The van der Waals surface area contributed by atoms with Gasteiger partial charge in [0.2, 0.25) is 10.0 Å². The van der Waals surface area contributed by atoms with E-state index in [0.717, 1.165) is 22.9 Å². The quantitative estimate of drug-likeness (QED) is 0.774. The Hall–Kier alpha value is -1.82. The number of fused-ring (bicyclic) bond motifs is 2. The Morgan fingerprint density at radius 3 is 2.75 bits per heavy atom. The molecule has 0 radical (unpaired) electrons. The molecule has 1 N–H and O–H groups in total. The lowest BCUT2D eigenvalue weighted by Gasteiger charge is -2.23. The third-order valence-electron chi connectivity index (χ3n) is 4.58. The minimum absolute atomic E-state index is 0.00389. The summed E-state index contributed by atoms with van der Waals surface area (Å²) in [6.07, 6.45) is 4.00. The van der Waals surface area contributed by atoms with Crippen LogP contribution < -0.4 is 4.72 Å². The average molecular weight is 361 g/mol. The van der Waals surface area contributed by atoms with Crippen molar-refractivity contribution in [3.8, 4) is 0 Å². The third kappa shape index (κ3) is 2.73. The van der Waals surface area contributed by atoms with E-state index in [0.29, 0.717) is 5.02 Å². The van der Waals surface area contributed by atoms with Crippen LogP contribution in [0.3, 0.4) is 0 Å². The molecule has 0 fully saturated rings. The summed E-state index contributed by atoms with van der Waals surface area (Å²) in [6, 6.07) is 15.5. The molecule has 2 aromatic carbocycles.